The molecule has 25 heavy (non-hydrogen) atoms. The highest BCUT2D eigenvalue weighted by Gasteiger charge is 2.38. The Bertz CT molecular complexity index is 743. The standard InChI is InChI=1S/C20H25N3O2/c1-14-6-4-5-7-16(14)17-12-23(13-18(17)20(24)25)11-15-8-9-19(21-10-15)22(2)3/h4-10,17-18H,11-13H2,1-3H3,(H,24,25)/t17-,18+/m1/s1. The number of anilines is 1. The summed E-state index contributed by atoms with van der Waals surface area (Å²) >= 11 is 0. The number of aryl methyl sites for hydroxylation is 1. The van der Waals surface area contributed by atoms with E-state index in [4.69, 9.17) is 0 Å². The average Bonchev–Trinajstić information content (AvgIpc) is 2.99. The molecule has 1 aliphatic heterocycles. The van der Waals surface area contributed by atoms with Crippen molar-refractivity contribution in [2.75, 3.05) is 32.1 Å². The predicted octanol–water partition coefficient (Wildman–Crippen LogP) is 2.76. The molecule has 0 saturated carbocycles. The van der Waals surface area contributed by atoms with Gasteiger partial charge in [0.25, 0.3) is 0 Å². The third-order valence-corrected chi connectivity index (χ3v) is 4.97. The first-order chi connectivity index (χ1) is 12.0. The first-order valence-electron chi connectivity index (χ1n) is 8.58. The normalized spacial score (nSPS) is 20.6. The van der Waals surface area contributed by atoms with Gasteiger partial charge in [-0.2, -0.15) is 0 Å². The zero-order valence-electron chi connectivity index (χ0n) is 15.0. The molecule has 0 radical (unpaired) electrons. The van der Waals surface area contributed by atoms with E-state index in [1.54, 1.807) is 0 Å². The van der Waals surface area contributed by atoms with Crippen molar-refractivity contribution in [1.29, 1.82) is 0 Å². The molecule has 1 N–H and O–H groups in total. The van der Waals surface area contributed by atoms with Crippen LogP contribution in [0.2, 0.25) is 0 Å². The molecule has 2 heterocycles. The van der Waals surface area contributed by atoms with Gasteiger partial charge in [0.1, 0.15) is 5.82 Å². The SMILES string of the molecule is Cc1ccccc1[C@H]1CN(Cc2ccc(N(C)C)nc2)C[C@@H]1C(=O)O. The van der Waals surface area contributed by atoms with Crippen LogP contribution in [0.4, 0.5) is 5.82 Å². The lowest BCUT2D eigenvalue weighted by Crippen LogP contribution is -2.23. The van der Waals surface area contributed by atoms with Gasteiger partial charge in [0.2, 0.25) is 0 Å². The molecule has 1 aromatic heterocycles. The number of carboxylic acids is 1. The number of likely N-dealkylation sites (tertiary alicyclic amines) is 1. The first kappa shape index (κ1) is 17.4. The van der Waals surface area contributed by atoms with Gasteiger partial charge >= 0.3 is 5.97 Å². The molecular formula is C20H25N3O2. The number of hydrogen-bond acceptors (Lipinski definition) is 4. The number of hydrogen-bond donors (Lipinski definition) is 1. The largest absolute Gasteiger partial charge is 0.481 e. The molecule has 0 unspecified atom stereocenters. The summed E-state index contributed by atoms with van der Waals surface area (Å²) in [6.07, 6.45) is 1.88. The second-order valence-corrected chi connectivity index (χ2v) is 7.02. The smallest absolute Gasteiger partial charge is 0.308 e. The minimum atomic E-state index is -0.711. The van der Waals surface area contributed by atoms with Crippen molar-refractivity contribution in [3.8, 4) is 0 Å². The molecule has 1 aromatic carbocycles. The van der Waals surface area contributed by atoms with Crippen LogP contribution in [-0.4, -0.2) is 48.1 Å². The van der Waals surface area contributed by atoms with Crippen LogP contribution in [0.15, 0.2) is 42.6 Å². The lowest BCUT2D eigenvalue weighted by Gasteiger charge is -2.18. The highest BCUT2D eigenvalue weighted by Crippen LogP contribution is 2.35. The van der Waals surface area contributed by atoms with Crippen molar-refractivity contribution in [2.45, 2.75) is 19.4 Å². The monoisotopic (exact) mass is 339 g/mol. The molecule has 1 aliphatic rings. The maximum atomic E-state index is 11.8. The Morgan fingerprint density at radius 1 is 1.24 bits per heavy atom. The molecule has 0 amide bonds. The van der Waals surface area contributed by atoms with Gasteiger partial charge in [-0.3, -0.25) is 9.69 Å². The third-order valence-electron chi connectivity index (χ3n) is 4.97. The topological polar surface area (TPSA) is 56.7 Å². The number of nitrogens with zero attached hydrogens (tertiary/aromatic N) is 3. The summed E-state index contributed by atoms with van der Waals surface area (Å²) < 4.78 is 0. The van der Waals surface area contributed by atoms with Gasteiger partial charge in [0, 0.05) is 45.8 Å². The van der Waals surface area contributed by atoms with Crippen LogP contribution in [0.3, 0.4) is 0 Å². The molecule has 2 aromatic rings. The molecule has 3 rings (SSSR count). The minimum absolute atomic E-state index is 0.0349. The second kappa shape index (κ2) is 7.23. The van der Waals surface area contributed by atoms with E-state index in [0.29, 0.717) is 6.54 Å². The van der Waals surface area contributed by atoms with E-state index in [1.165, 1.54) is 0 Å². The van der Waals surface area contributed by atoms with E-state index < -0.39 is 5.97 Å². The van der Waals surface area contributed by atoms with E-state index >= 15 is 0 Å². The number of carboxylic acid groups (broad SMARTS) is 1. The fourth-order valence-corrected chi connectivity index (χ4v) is 3.62. The van der Waals surface area contributed by atoms with Crippen LogP contribution in [0.1, 0.15) is 22.6 Å². The lowest BCUT2D eigenvalue weighted by atomic mass is 9.86. The zero-order chi connectivity index (χ0) is 18.0. The number of pyridine rings is 1. The Balaban J connectivity index is 1.76. The molecule has 5 heteroatoms. The summed E-state index contributed by atoms with van der Waals surface area (Å²) in [6.45, 7) is 4.12. The van der Waals surface area contributed by atoms with Crippen molar-refractivity contribution >= 4 is 11.8 Å². The van der Waals surface area contributed by atoms with Gasteiger partial charge < -0.3 is 10.0 Å². The lowest BCUT2D eigenvalue weighted by molar-refractivity contribution is -0.141. The maximum absolute atomic E-state index is 11.8. The van der Waals surface area contributed by atoms with Crippen molar-refractivity contribution in [3.05, 3.63) is 59.3 Å². The molecule has 1 saturated heterocycles. The molecule has 132 valence electrons. The first-order valence-corrected chi connectivity index (χ1v) is 8.58. The van der Waals surface area contributed by atoms with Gasteiger partial charge in [-0.05, 0) is 29.7 Å². The molecular weight excluding hydrogens is 314 g/mol. The number of benzene rings is 1. The second-order valence-electron chi connectivity index (χ2n) is 7.02. The average molecular weight is 339 g/mol. The molecule has 0 aliphatic carbocycles. The Labute approximate surface area is 148 Å². The van der Waals surface area contributed by atoms with E-state index in [1.807, 2.05) is 43.4 Å². The molecule has 2 atom stereocenters. The quantitative estimate of drug-likeness (QED) is 0.908. The molecule has 0 bridgehead atoms. The van der Waals surface area contributed by atoms with Crippen LogP contribution in [0, 0.1) is 12.8 Å². The van der Waals surface area contributed by atoms with Crippen molar-refractivity contribution < 1.29 is 9.90 Å². The highest BCUT2D eigenvalue weighted by molar-refractivity contribution is 5.72. The fraction of sp³-hybridized carbons (Fsp3) is 0.400. The van der Waals surface area contributed by atoms with Gasteiger partial charge in [-0.25, -0.2) is 4.98 Å². The summed E-state index contributed by atoms with van der Waals surface area (Å²) in [6, 6.07) is 12.2. The number of rotatable bonds is 5. The van der Waals surface area contributed by atoms with E-state index in [2.05, 4.69) is 35.0 Å². The predicted molar refractivity (Wildman–Crippen MR) is 98.9 cm³/mol. The Morgan fingerprint density at radius 2 is 2.00 bits per heavy atom. The van der Waals surface area contributed by atoms with Crippen LogP contribution < -0.4 is 4.90 Å². The van der Waals surface area contributed by atoms with Crippen LogP contribution in [0.25, 0.3) is 0 Å². The van der Waals surface area contributed by atoms with Crippen LogP contribution in [-0.2, 0) is 11.3 Å². The summed E-state index contributed by atoms with van der Waals surface area (Å²) in [7, 11) is 3.93. The van der Waals surface area contributed by atoms with Crippen molar-refractivity contribution in [1.82, 2.24) is 9.88 Å². The van der Waals surface area contributed by atoms with E-state index in [0.717, 1.165) is 35.6 Å². The summed E-state index contributed by atoms with van der Waals surface area (Å²) in [4.78, 5) is 20.4. The zero-order valence-corrected chi connectivity index (χ0v) is 15.0. The van der Waals surface area contributed by atoms with Crippen molar-refractivity contribution in [2.24, 2.45) is 5.92 Å². The number of aromatic nitrogens is 1. The number of aliphatic carboxylic acids is 1. The van der Waals surface area contributed by atoms with E-state index in [-0.39, 0.29) is 11.8 Å². The van der Waals surface area contributed by atoms with Crippen LogP contribution >= 0.6 is 0 Å². The third kappa shape index (κ3) is 3.82. The van der Waals surface area contributed by atoms with E-state index in [9.17, 15) is 9.90 Å². The summed E-state index contributed by atoms with van der Waals surface area (Å²) in [5.41, 5.74) is 3.43. The Morgan fingerprint density at radius 3 is 2.60 bits per heavy atom. The minimum Gasteiger partial charge on any atom is -0.481 e. The molecule has 0 spiro atoms. The maximum Gasteiger partial charge on any atom is 0.308 e. The van der Waals surface area contributed by atoms with Gasteiger partial charge in [-0.15, -0.1) is 0 Å². The Kier molecular flexibility index (Phi) is 5.04. The van der Waals surface area contributed by atoms with Crippen molar-refractivity contribution in [3.63, 3.8) is 0 Å². The van der Waals surface area contributed by atoms with Gasteiger partial charge in [0.05, 0.1) is 5.92 Å². The summed E-state index contributed by atoms with van der Waals surface area (Å²) in [5, 5.41) is 9.67. The van der Waals surface area contributed by atoms with Gasteiger partial charge in [0.15, 0.2) is 0 Å². The molecule has 1 fully saturated rings. The summed E-state index contributed by atoms with van der Waals surface area (Å²) in [5.74, 6) is -0.119. The Hall–Kier alpha value is -2.40. The fourth-order valence-electron chi connectivity index (χ4n) is 3.62. The number of carbonyl (C=O) groups is 1. The highest BCUT2D eigenvalue weighted by atomic mass is 16.4. The van der Waals surface area contributed by atoms with Crippen LogP contribution in [0.5, 0.6) is 0 Å². The molecule has 5 nitrogen and oxygen atoms in total. The van der Waals surface area contributed by atoms with Gasteiger partial charge in [-0.1, -0.05) is 30.3 Å².